The van der Waals surface area contributed by atoms with Gasteiger partial charge in [0.1, 0.15) is 6.26 Å². The predicted octanol–water partition coefficient (Wildman–Crippen LogP) is 4.33. The maximum atomic E-state index is 5.95. The van der Waals surface area contributed by atoms with E-state index in [1.54, 1.807) is 24.2 Å². The SMILES string of the molecule is Nc1ncc(SCc2coc(-c3cccc(Cl)c3)n2)s1. The molecule has 0 fully saturated rings. The molecule has 2 heterocycles. The third-order valence-electron chi connectivity index (χ3n) is 2.49. The van der Waals surface area contributed by atoms with E-state index in [4.69, 9.17) is 21.8 Å². The fourth-order valence-corrected chi connectivity index (χ4v) is 3.44. The molecule has 0 unspecified atom stereocenters. The van der Waals surface area contributed by atoms with Crippen molar-refractivity contribution >= 4 is 39.8 Å². The number of nitrogen functional groups attached to an aromatic ring is 1. The Morgan fingerprint density at radius 2 is 2.30 bits per heavy atom. The quantitative estimate of drug-likeness (QED) is 0.724. The number of thiazole rings is 1. The fraction of sp³-hybridized carbons (Fsp3) is 0.0769. The van der Waals surface area contributed by atoms with E-state index in [1.807, 2.05) is 24.3 Å². The Morgan fingerprint density at radius 1 is 1.40 bits per heavy atom. The summed E-state index contributed by atoms with van der Waals surface area (Å²) in [6.07, 6.45) is 3.43. The van der Waals surface area contributed by atoms with E-state index < -0.39 is 0 Å². The van der Waals surface area contributed by atoms with Gasteiger partial charge in [0.25, 0.3) is 0 Å². The van der Waals surface area contributed by atoms with Gasteiger partial charge < -0.3 is 10.2 Å². The van der Waals surface area contributed by atoms with Crippen LogP contribution in [-0.4, -0.2) is 9.97 Å². The fourth-order valence-electron chi connectivity index (χ4n) is 1.61. The summed E-state index contributed by atoms with van der Waals surface area (Å²) in [5, 5.41) is 1.24. The molecule has 20 heavy (non-hydrogen) atoms. The van der Waals surface area contributed by atoms with E-state index in [0.29, 0.717) is 21.8 Å². The molecule has 4 nitrogen and oxygen atoms in total. The average molecular weight is 324 g/mol. The van der Waals surface area contributed by atoms with Crippen LogP contribution in [0.15, 0.2) is 45.4 Å². The molecule has 0 amide bonds. The van der Waals surface area contributed by atoms with E-state index in [-0.39, 0.29) is 0 Å². The van der Waals surface area contributed by atoms with Crippen molar-refractivity contribution in [3.05, 3.63) is 47.4 Å². The monoisotopic (exact) mass is 323 g/mol. The number of nitrogens with two attached hydrogens (primary N) is 1. The first-order valence-corrected chi connectivity index (χ1v) is 7.93. The summed E-state index contributed by atoms with van der Waals surface area (Å²) < 4.78 is 6.54. The second-order valence-corrected chi connectivity index (χ2v) is 6.73. The number of benzene rings is 1. The highest BCUT2D eigenvalue weighted by molar-refractivity contribution is 8.00. The molecule has 2 aromatic heterocycles. The molecule has 3 rings (SSSR count). The molecular weight excluding hydrogens is 314 g/mol. The summed E-state index contributed by atoms with van der Waals surface area (Å²) >= 11 is 9.05. The Labute approximate surface area is 129 Å². The standard InChI is InChI=1S/C13H10ClN3OS2/c14-9-3-1-2-8(4-9)12-17-10(6-18-12)7-19-11-5-16-13(15)20-11/h1-6H,7H2,(H2,15,16). The van der Waals surface area contributed by atoms with E-state index >= 15 is 0 Å². The van der Waals surface area contributed by atoms with E-state index in [0.717, 1.165) is 15.5 Å². The van der Waals surface area contributed by atoms with Crippen molar-refractivity contribution in [2.24, 2.45) is 0 Å². The molecule has 102 valence electrons. The molecule has 0 spiro atoms. The normalized spacial score (nSPS) is 10.8. The summed E-state index contributed by atoms with van der Waals surface area (Å²) in [4.78, 5) is 8.46. The molecule has 0 aliphatic heterocycles. The number of nitrogens with zero attached hydrogens (tertiary/aromatic N) is 2. The number of hydrogen-bond donors (Lipinski definition) is 1. The molecule has 0 saturated carbocycles. The highest BCUT2D eigenvalue weighted by Crippen LogP contribution is 2.30. The van der Waals surface area contributed by atoms with Crippen molar-refractivity contribution in [3.63, 3.8) is 0 Å². The molecule has 2 N–H and O–H groups in total. The number of thioether (sulfide) groups is 1. The van der Waals surface area contributed by atoms with Gasteiger partial charge in [-0.1, -0.05) is 29.0 Å². The lowest BCUT2D eigenvalue weighted by Crippen LogP contribution is -1.81. The van der Waals surface area contributed by atoms with Crippen molar-refractivity contribution < 1.29 is 4.42 Å². The number of halogens is 1. The van der Waals surface area contributed by atoms with E-state index in [1.165, 1.54) is 11.3 Å². The Morgan fingerprint density at radius 3 is 3.05 bits per heavy atom. The third-order valence-corrected chi connectivity index (χ3v) is 4.78. The van der Waals surface area contributed by atoms with Crippen molar-refractivity contribution in [1.82, 2.24) is 9.97 Å². The van der Waals surface area contributed by atoms with Crippen molar-refractivity contribution in [2.45, 2.75) is 9.96 Å². The maximum Gasteiger partial charge on any atom is 0.226 e. The summed E-state index contributed by atoms with van der Waals surface area (Å²) in [6.45, 7) is 0. The van der Waals surface area contributed by atoms with Crippen LogP contribution in [-0.2, 0) is 5.75 Å². The van der Waals surface area contributed by atoms with Gasteiger partial charge in [-0.3, -0.25) is 0 Å². The molecule has 0 saturated heterocycles. The topological polar surface area (TPSA) is 64.9 Å². The molecule has 0 bridgehead atoms. The molecule has 0 radical (unpaired) electrons. The summed E-state index contributed by atoms with van der Waals surface area (Å²) in [7, 11) is 0. The van der Waals surface area contributed by atoms with Crippen molar-refractivity contribution in [2.75, 3.05) is 5.73 Å². The Hall–Kier alpha value is -1.50. The molecule has 3 aromatic rings. The molecule has 7 heteroatoms. The van der Waals surface area contributed by atoms with Crippen molar-refractivity contribution in [1.29, 1.82) is 0 Å². The van der Waals surface area contributed by atoms with E-state index in [9.17, 15) is 0 Å². The Bertz CT molecular complexity index is 726. The highest BCUT2D eigenvalue weighted by atomic mass is 35.5. The van der Waals surface area contributed by atoms with Crippen LogP contribution < -0.4 is 5.73 Å². The number of anilines is 1. The van der Waals surface area contributed by atoms with Gasteiger partial charge in [-0.2, -0.15) is 0 Å². The minimum Gasteiger partial charge on any atom is -0.444 e. The van der Waals surface area contributed by atoms with Gasteiger partial charge >= 0.3 is 0 Å². The first-order valence-electron chi connectivity index (χ1n) is 5.75. The van der Waals surface area contributed by atoms with Gasteiger partial charge in [0.2, 0.25) is 5.89 Å². The zero-order chi connectivity index (χ0) is 13.9. The molecule has 1 aromatic carbocycles. The smallest absolute Gasteiger partial charge is 0.226 e. The second-order valence-electron chi connectivity index (χ2n) is 3.96. The Kier molecular flexibility index (Phi) is 3.95. The van der Waals surface area contributed by atoms with Gasteiger partial charge in [-0.25, -0.2) is 9.97 Å². The van der Waals surface area contributed by atoms with Gasteiger partial charge in [0.15, 0.2) is 5.13 Å². The largest absolute Gasteiger partial charge is 0.444 e. The van der Waals surface area contributed by atoms with Crippen LogP contribution in [0.25, 0.3) is 11.5 Å². The summed E-state index contributed by atoms with van der Waals surface area (Å²) in [5.41, 5.74) is 7.33. The maximum absolute atomic E-state index is 5.95. The van der Waals surface area contributed by atoms with Gasteiger partial charge in [0.05, 0.1) is 16.1 Å². The van der Waals surface area contributed by atoms with Crippen LogP contribution in [0.3, 0.4) is 0 Å². The zero-order valence-corrected chi connectivity index (χ0v) is 12.6. The van der Waals surface area contributed by atoms with Gasteiger partial charge in [-0.15, -0.1) is 11.8 Å². The minimum absolute atomic E-state index is 0.576. The van der Waals surface area contributed by atoms with Crippen LogP contribution in [0.5, 0.6) is 0 Å². The van der Waals surface area contributed by atoms with Crippen LogP contribution >= 0.6 is 34.7 Å². The number of hydrogen-bond acceptors (Lipinski definition) is 6. The van der Waals surface area contributed by atoms with Crippen molar-refractivity contribution in [3.8, 4) is 11.5 Å². The molecule has 0 atom stereocenters. The van der Waals surface area contributed by atoms with E-state index in [2.05, 4.69) is 9.97 Å². The summed E-state index contributed by atoms with van der Waals surface area (Å²) in [6, 6.07) is 7.43. The predicted molar refractivity (Wildman–Crippen MR) is 83.0 cm³/mol. The summed E-state index contributed by atoms with van der Waals surface area (Å²) in [5.74, 6) is 1.29. The lowest BCUT2D eigenvalue weighted by Gasteiger charge is -1.95. The van der Waals surface area contributed by atoms with Crippen LogP contribution in [0.1, 0.15) is 5.69 Å². The van der Waals surface area contributed by atoms with Gasteiger partial charge in [-0.05, 0) is 18.2 Å². The van der Waals surface area contributed by atoms with Crippen LogP contribution in [0, 0.1) is 0 Å². The Balaban J connectivity index is 1.70. The highest BCUT2D eigenvalue weighted by Gasteiger charge is 2.08. The zero-order valence-electron chi connectivity index (χ0n) is 10.2. The lowest BCUT2D eigenvalue weighted by molar-refractivity contribution is 0.573. The lowest BCUT2D eigenvalue weighted by atomic mass is 10.2. The molecule has 0 aliphatic rings. The van der Waals surface area contributed by atoms with Crippen LogP contribution in [0.2, 0.25) is 5.02 Å². The van der Waals surface area contributed by atoms with Gasteiger partial charge in [0, 0.05) is 16.3 Å². The average Bonchev–Trinajstić information content (AvgIpc) is 3.05. The number of aromatic nitrogens is 2. The van der Waals surface area contributed by atoms with Crippen LogP contribution in [0.4, 0.5) is 5.13 Å². The molecule has 0 aliphatic carbocycles. The minimum atomic E-state index is 0.576. The third kappa shape index (κ3) is 3.15. The second kappa shape index (κ2) is 5.87. The molecular formula is C13H10ClN3OS2. The number of rotatable bonds is 4. The number of oxazole rings is 1. The first-order chi connectivity index (χ1) is 9.70. The first kappa shape index (κ1) is 13.5.